The molecule has 5 rings (SSSR count). The van der Waals surface area contributed by atoms with E-state index in [1.165, 1.54) is 31.9 Å². The van der Waals surface area contributed by atoms with Gasteiger partial charge in [-0.25, -0.2) is 0 Å². The summed E-state index contributed by atoms with van der Waals surface area (Å²) in [5, 5.41) is 2.49. The van der Waals surface area contributed by atoms with Crippen molar-refractivity contribution in [2.24, 2.45) is 0 Å². The molecule has 0 saturated heterocycles. The van der Waals surface area contributed by atoms with Crippen molar-refractivity contribution in [1.29, 1.82) is 0 Å². The molecule has 30 heavy (non-hydrogen) atoms. The van der Waals surface area contributed by atoms with Crippen LogP contribution in [0, 0.1) is 6.07 Å². The Morgan fingerprint density at radius 3 is 2.30 bits per heavy atom. The quantitative estimate of drug-likeness (QED) is 0.172. The van der Waals surface area contributed by atoms with E-state index in [9.17, 15) is 0 Å². The minimum atomic E-state index is -2.13. The van der Waals surface area contributed by atoms with E-state index in [4.69, 9.17) is 4.98 Å². The van der Waals surface area contributed by atoms with E-state index in [0.29, 0.717) is 0 Å². The summed E-state index contributed by atoms with van der Waals surface area (Å²) in [7, 11) is 0. The maximum absolute atomic E-state index is 4.80. The number of para-hydroxylation sites is 2. The average Bonchev–Trinajstić information content (AvgIpc) is 3.09. The van der Waals surface area contributed by atoms with Crippen molar-refractivity contribution in [3.8, 4) is 16.9 Å². The van der Waals surface area contributed by atoms with E-state index in [0.717, 1.165) is 11.3 Å². The van der Waals surface area contributed by atoms with Crippen LogP contribution in [0.2, 0.25) is 17.3 Å². The van der Waals surface area contributed by atoms with Crippen molar-refractivity contribution < 1.29 is 20.1 Å². The second-order valence-corrected chi connectivity index (χ2v) is 19.0. The number of rotatable bonds is 3. The summed E-state index contributed by atoms with van der Waals surface area (Å²) in [5.41, 5.74) is 5.77. The largest absolute Gasteiger partial charge is 0 e. The Hall–Kier alpha value is -2.20. The summed E-state index contributed by atoms with van der Waals surface area (Å²) in [6.07, 6.45) is 1.93. The first-order valence-corrected chi connectivity index (χ1v) is 17.3. The number of hydrogen-bond acceptors (Lipinski definition) is 1. The Balaban J connectivity index is 0.00000218. The van der Waals surface area contributed by atoms with Crippen LogP contribution in [0.3, 0.4) is 0 Å². The molecule has 0 aliphatic heterocycles. The molecule has 0 spiro atoms. The average molecular weight is 628 g/mol. The number of benzene rings is 3. The normalized spacial score (nSPS) is 11.6. The SMILES string of the molecule is [CH3][Ge]([CH3])([CH3])[c]1cccc2c3c(-c4[c-]cccc4)nccc3n(-c3ccccc3)c12.[Ir]. The van der Waals surface area contributed by atoms with Gasteiger partial charge in [0.15, 0.2) is 0 Å². The summed E-state index contributed by atoms with van der Waals surface area (Å²) in [6.45, 7) is 0. The molecule has 0 amide bonds. The Kier molecular flexibility index (Phi) is 5.72. The van der Waals surface area contributed by atoms with Gasteiger partial charge in [0.1, 0.15) is 0 Å². The first-order chi connectivity index (χ1) is 14.1. The van der Waals surface area contributed by atoms with Gasteiger partial charge in [0, 0.05) is 20.1 Å². The van der Waals surface area contributed by atoms with Gasteiger partial charge in [0.05, 0.1) is 0 Å². The van der Waals surface area contributed by atoms with Gasteiger partial charge in [-0.05, 0) is 0 Å². The first-order valence-electron chi connectivity index (χ1n) is 10.0. The predicted octanol–water partition coefficient (Wildman–Crippen LogP) is 6.19. The Morgan fingerprint density at radius 1 is 0.833 bits per heavy atom. The molecule has 1 radical (unpaired) electrons. The van der Waals surface area contributed by atoms with Gasteiger partial charge < -0.3 is 0 Å². The molecule has 0 aliphatic rings. The molecule has 2 nitrogen and oxygen atoms in total. The molecule has 5 aromatic rings. The van der Waals surface area contributed by atoms with Gasteiger partial charge in [-0.15, -0.1) is 0 Å². The van der Waals surface area contributed by atoms with Crippen molar-refractivity contribution in [2.75, 3.05) is 0 Å². The second-order valence-electron chi connectivity index (χ2n) is 8.45. The van der Waals surface area contributed by atoms with Crippen LogP contribution in [-0.4, -0.2) is 22.8 Å². The van der Waals surface area contributed by atoms with Crippen LogP contribution in [0.4, 0.5) is 0 Å². The summed E-state index contributed by atoms with van der Waals surface area (Å²) in [4.78, 5) is 4.80. The van der Waals surface area contributed by atoms with Gasteiger partial charge in [0.25, 0.3) is 0 Å². The first kappa shape index (κ1) is 21.1. The topological polar surface area (TPSA) is 17.8 Å². The van der Waals surface area contributed by atoms with E-state index in [1.807, 2.05) is 18.3 Å². The smallest absolute Gasteiger partial charge is 0 e. The molecule has 0 aliphatic carbocycles. The fourth-order valence-electron chi connectivity index (χ4n) is 4.21. The van der Waals surface area contributed by atoms with E-state index in [1.54, 1.807) is 0 Å². The van der Waals surface area contributed by atoms with E-state index in [2.05, 4.69) is 94.6 Å². The second kappa shape index (κ2) is 8.15. The Labute approximate surface area is 193 Å². The van der Waals surface area contributed by atoms with Gasteiger partial charge in [-0.1, -0.05) is 0 Å². The molecule has 2 heterocycles. The number of pyridine rings is 1. The van der Waals surface area contributed by atoms with Crippen molar-refractivity contribution in [1.82, 2.24) is 9.55 Å². The van der Waals surface area contributed by atoms with Crippen LogP contribution in [0.5, 0.6) is 0 Å². The molecule has 0 unspecified atom stereocenters. The third kappa shape index (κ3) is 3.45. The molecule has 0 N–H and O–H groups in total. The molecule has 0 bridgehead atoms. The minimum absolute atomic E-state index is 0. The monoisotopic (exact) mass is 630 g/mol. The van der Waals surface area contributed by atoms with Gasteiger partial charge in [0.2, 0.25) is 0 Å². The van der Waals surface area contributed by atoms with Crippen LogP contribution >= 0.6 is 0 Å². The summed E-state index contributed by atoms with van der Waals surface area (Å²) in [6, 6.07) is 31.1. The number of aromatic nitrogens is 2. The molecular formula is C26H23GeIrN2-. The summed E-state index contributed by atoms with van der Waals surface area (Å²) < 4.78 is 3.95. The third-order valence-electron chi connectivity index (χ3n) is 5.49. The molecule has 0 atom stereocenters. The zero-order valence-corrected chi connectivity index (χ0v) is 21.8. The molecule has 4 heteroatoms. The standard InChI is InChI=1S/C26H23GeN2.Ir/c1-27(2,3)22-16-10-15-21-24-23(29(26(21)22)20-13-8-5-9-14-20)17-18-28-25(24)19-11-6-4-7-12-19;/h4-11,13-18H,1-3H3;/q-1;. The van der Waals surface area contributed by atoms with Crippen LogP contribution in [0.25, 0.3) is 38.8 Å². The molecule has 151 valence electrons. The fraction of sp³-hybridized carbons (Fsp3) is 0.115. The van der Waals surface area contributed by atoms with E-state index >= 15 is 0 Å². The van der Waals surface area contributed by atoms with E-state index in [-0.39, 0.29) is 20.1 Å². The minimum Gasteiger partial charge on any atom is 0 e. The molecule has 2 aromatic heterocycles. The predicted molar refractivity (Wildman–Crippen MR) is 126 cm³/mol. The molecule has 3 aromatic carbocycles. The van der Waals surface area contributed by atoms with Gasteiger partial charge in [-0.3, -0.25) is 0 Å². The summed E-state index contributed by atoms with van der Waals surface area (Å²) >= 11 is -2.13. The Morgan fingerprint density at radius 2 is 1.60 bits per heavy atom. The van der Waals surface area contributed by atoms with E-state index < -0.39 is 13.3 Å². The van der Waals surface area contributed by atoms with Gasteiger partial charge >= 0.3 is 174 Å². The number of fused-ring (bicyclic) bond motifs is 3. The summed E-state index contributed by atoms with van der Waals surface area (Å²) in [5.74, 6) is 7.39. The molecule has 0 fully saturated rings. The zero-order valence-electron chi connectivity index (χ0n) is 17.3. The zero-order chi connectivity index (χ0) is 20.0. The van der Waals surface area contributed by atoms with Crippen molar-refractivity contribution in [2.45, 2.75) is 17.3 Å². The number of hydrogen-bond donors (Lipinski definition) is 0. The van der Waals surface area contributed by atoms with Crippen LogP contribution in [-0.2, 0) is 20.1 Å². The van der Waals surface area contributed by atoms with Gasteiger partial charge in [-0.2, -0.15) is 0 Å². The third-order valence-corrected chi connectivity index (χ3v) is 9.72. The molecule has 0 saturated carbocycles. The van der Waals surface area contributed by atoms with Crippen LogP contribution in [0.15, 0.2) is 85.1 Å². The fourth-order valence-corrected chi connectivity index (χ4v) is 7.46. The molecular weight excluding hydrogens is 605 g/mol. The van der Waals surface area contributed by atoms with Crippen molar-refractivity contribution >= 4 is 39.5 Å². The van der Waals surface area contributed by atoms with Crippen LogP contribution in [0.1, 0.15) is 0 Å². The van der Waals surface area contributed by atoms with Crippen LogP contribution < -0.4 is 4.40 Å². The van der Waals surface area contributed by atoms with Crippen molar-refractivity contribution in [3.63, 3.8) is 0 Å². The Bertz CT molecular complexity index is 1320. The maximum Gasteiger partial charge on any atom is 0 e. The number of nitrogens with zero attached hydrogens (tertiary/aromatic N) is 2. The maximum atomic E-state index is 4.80. The van der Waals surface area contributed by atoms with Crippen molar-refractivity contribution in [3.05, 3.63) is 91.1 Å².